The van der Waals surface area contributed by atoms with Crippen molar-refractivity contribution in [3.05, 3.63) is 82.9 Å². The fraction of sp³-hybridized carbons (Fsp3) is 0.333. The molecule has 0 bridgehead atoms. The van der Waals surface area contributed by atoms with E-state index in [2.05, 4.69) is 54.7 Å². The van der Waals surface area contributed by atoms with Gasteiger partial charge in [-0.3, -0.25) is 0 Å². The van der Waals surface area contributed by atoms with E-state index in [0.717, 1.165) is 53.6 Å². The van der Waals surface area contributed by atoms with Gasteiger partial charge in [0.1, 0.15) is 6.61 Å². The minimum absolute atomic E-state index is 0. The molecule has 178 valence electrons. The van der Waals surface area contributed by atoms with Crippen molar-refractivity contribution in [2.75, 3.05) is 27.4 Å². The van der Waals surface area contributed by atoms with Crippen LogP contribution >= 0.6 is 12.4 Å². The Balaban J connectivity index is 0.00000385. The van der Waals surface area contributed by atoms with Crippen molar-refractivity contribution in [1.82, 2.24) is 5.32 Å². The lowest BCUT2D eigenvalue weighted by molar-refractivity contribution is 0.269. The lowest BCUT2D eigenvalue weighted by Gasteiger charge is -2.14. The molecule has 0 amide bonds. The Morgan fingerprint density at radius 1 is 0.697 bits per heavy atom. The first-order valence-electron chi connectivity index (χ1n) is 11.0. The van der Waals surface area contributed by atoms with Crippen LogP contribution in [0.2, 0.25) is 0 Å². The summed E-state index contributed by atoms with van der Waals surface area (Å²) in [5.41, 5.74) is 4.74. The monoisotopic (exact) mass is 471 g/mol. The fourth-order valence-corrected chi connectivity index (χ4v) is 3.40. The largest absolute Gasteiger partial charge is 0.493 e. The molecule has 5 nitrogen and oxygen atoms in total. The van der Waals surface area contributed by atoms with Gasteiger partial charge in [-0.05, 0) is 67.8 Å². The molecule has 0 spiro atoms. The lowest BCUT2D eigenvalue weighted by atomic mass is 10.1. The van der Waals surface area contributed by atoms with E-state index in [0.29, 0.717) is 13.2 Å². The van der Waals surface area contributed by atoms with E-state index in [1.807, 2.05) is 25.1 Å². The van der Waals surface area contributed by atoms with Crippen LogP contribution in [-0.2, 0) is 19.6 Å². The third-order valence-electron chi connectivity index (χ3n) is 5.19. The van der Waals surface area contributed by atoms with E-state index in [4.69, 9.17) is 18.9 Å². The highest BCUT2D eigenvalue weighted by Gasteiger charge is 2.08. The minimum Gasteiger partial charge on any atom is -0.493 e. The quantitative estimate of drug-likeness (QED) is 0.341. The van der Waals surface area contributed by atoms with Crippen LogP contribution in [0, 0.1) is 6.92 Å². The predicted molar refractivity (Wildman–Crippen MR) is 135 cm³/mol. The van der Waals surface area contributed by atoms with Crippen molar-refractivity contribution in [1.29, 1.82) is 0 Å². The molecule has 0 saturated carbocycles. The highest BCUT2D eigenvalue weighted by atomic mass is 35.5. The molecule has 0 unspecified atom stereocenters. The molecule has 0 saturated heterocycles. The van der Waals surface area contributed by atoms with Crippen LogP contribution in [0.25, 0.3) is 0 Å². The van der Waals surface area contributed by atoms with Gasteiger partial charge < -0.3 is 24.3 Å². The first kappa shape index (κ1) is 26.4. The van der Waals surface area contributed by atoms with E-state index in [9.17, 15) is 0 Å². The van der Waals surface area contributed by atoms with Gasteiger partial charge in [0, 0.05) is 6.54 Å². The molecule has 3 rings (SSSR count). The van der Waals surface area contributed by atoms with Crippen molar-refractivity contribution in [2.24, 2.45) is 0 Å². The number of nitrogens with one attached hydrogen (secondary N) is 1. The van der Waals surface area contributed by atoms with E-state index in [1.54, 1.807) is 14.2 Å². The Hall–Kier alpha value is -2.89. The van der Waals surface area contributed by atoms with Gasteiger partial charge in [-0.2, -0.15) is 0 Å². The van der Waals surface area contributed by atoms with Crippen LogP contribution in [0.15, 0.2) is 60.7 Å². The number of hydrogen-bond donors (Lipinski definition) is 1. The Kier molecular flexibility index (Phi) is 10.9. The smallest absolute Gasteiger partial charge is 0.161 e. The Morgan fingerprint density at radius 2 is 1.33 bits per heavy atom. The molecule has 0 atom stereocenters. The first-order valence-corrected chi connectivity index (χ1v) is 11.0. The molecule has 6 heteroatoms. The molecule has 3 aromatic rings. The third-order valence-corrected chi connectivity index (χ3v) is 5.19. The molecule has 0 aliphatic rings. The summed E-state index contributed by atoms with van der Waals surface area (Å²) in [6.45, 7) is 6.79. The molecule has 1 N–H and O–H groups in total. The molecule has 33 heavy (non-hydrogen) atoms. The summed E-state index contributed by atoms with van der Waals surface area (Å²) >= 11 is 0. The topological polar surface area (TPSA) is 49.0 Å². The zero-order chi connectivity index (χ0) is 22.8. The number of hydrogen-bond acceptors (Lipinski definition) is 5. The summed E-state index contributed by atoms with van der Waals surface area (Å²) in [5.74, 6) is 3.05. The zero-order valence-corrected chi connectivity index (χ0v) is 20.7. The summed E-state index contributed by atoms with van der Waals surface area (Å²) in [4.78, 5) is 0. The zero-order valence-electron chi connectivity index (χ0n) is 19.9. The van der Waals surface area contributed by atoms with Crippen LogP contribution < -0.4 is 24.3 Å². The normalized spacial score (nSPS) is 10.3. The summed E-state index contributed by atoms with van der Waals surface area (Å²) < 4.78 is 22.5. The molecule has 0 heterocycles. The van der Waals surface area contributed by atoms with Gasteiger partial charge in [-0.1, -0.05) is 42.0 Å². The number of halogens is 1. The van der Waals surface area contributed by atoms with Crippen molar-refractivity contribution in [3.8, 4) is 23.0 Å². The van der Waals surface area contributed by atoms with Crippen molar-refractivity contribution < 1.29 is 18.9 Å². The second-order valence-electron chi connectivity index (χ2n) is 7.60. The second kappa shape index (κ2) is 13.6. The standard InChI is InChI=1S/C27H33NO4.ClH/c1-5-31-27-17-23(11-13-25(27)32-19-22-8-6-20(2)7-9-22)18-28-15-14-21-10-12-24(29-3)26(16-21)30-4;/h6-13,16-17,28H,5,14-15,18-19H2,1-4H3;1H. The van der Waals surface area contributed by atoms with Crippen molar-refractivity contribution in [2.45, 2.75) is 33.4 Å². The number of benzene rings is 3. The number of ether oxygens (including phenoxy) is 4. The van der Waals surface area contributed by atoms with Crippen LogP contribution in [0.4, 0.5) is 0 Å². The summed E-state index contributed by atoms with van der Waals surface area (Å²) in [5, 5.41) is 3.50. The van der Waals surface area contributed by atoms with Gasteiger partial charge in [-0.15, -0.1) is 12.4 Å². The summed E-state index contributed by atoms with van der Waals surface area (Å²) in [7, 11) is 3.30. The molecule has 0 aliphatic carbocycles. The van der Waals surface area contributed by atoms with Gasteiger partial charge >= 0.3 is 0 Å². The van der Waals surface area contributed by atoms with Gasteiger partial charge in [0.15, 0.2) is 23.0 Å². The summed E-state index contributed by atoms with van der Waals surface area (Å²) in [6.07, 6.45) is 0.899. The summed E-state index contributed by atoms with van der Waals surface area (Å²) in [6, 6.07) is 20.5. The second-order valence-corrected chi connectivity index (χ2v) is 7.60. The Bertz CT molecular complexity index is 992. The molecule has 0 aromatic heterocycles. The Labute approximate surface area is 203 Å². The minimum atomic E-state index is 0. The van der Waals surface area contributed by atoms with E-state index >= 15 is 0 Å². The number of rotatable bonds is 12. The third kappa shape index (κ3) is 7.88. The van der Waals surface area contributed by atoms with Crippen LogP contribution in [0.5, 0.6) is 23.0 Å². The first-order chi connectivity index (χ1) is 15.6. The average Bonchev–Trinajstić information content (AvgIpc) is 2.82. The molecule has 0 aliphatic heterocycles. The van der Waals surface area contributed by atoms with E-state index < -0.39 is 0 Å². The SMILES string of the molecule is CCOc1cc(CNCCc2ccc(OC)c(OC)c2)ccc1OCc1ccc(C)cc1.Cl. The van der Waals surface area contributed by atoms with Crippen molar-refractivity contribution in [3.63, 3.8) is 0 Å². The molecular formula is C27H34ClNO4. The fourth-order valence-electron chi connectivity index (χ4n) is 3.40. The molecule has 0 fully saturated rings. The Morgan fingerprint density at radius 3 is 2.03 bits per heavy atom. The highest BCUT2D eigenvalue weighted by molar-refractivity contribution is 5.85. The van der Waals surface area contributed by atoms with Gasteiger partial charge in [0.25, 0.3) is 0 Å². The number of methoxy groups -OCH3 is 2. The molecule has 0 radical (unpaired) electrons. The van der Waals surface area contributed by atoms with Crippen LogP contribution in [0.3, 0.4) is 0 Å². The van der Waals surface area contributed by atoms with Gasteiger partial charge in [0.05, 0.1) is 20.8 Å². The van der Waals surface area contributed by atoms with Gasteiger partial charge in [-0.25, -0.2) is 0 Å². The van der Waals surface area contributed by atoms with Crippen LogP contribution in [0.1, 0.15) is 29.2 Å². The van der Waals surface area contributed by atoms with Crippen LogP contribution in [-0.4, -0.2) is 27.4 Å². The predicted octanol–water partition coefficient (Wildman–Crippen LogP) is 5.74. The molecular weight excluding hydrogens is 438 g/mol. The average molecular weight is 472 g/mol. The van der Waals surface area contributed by atoms with E-state index in [-0.39, 0.29) is 12.4 Å². The maximum atomic E-state index is 6.03. The maximum absolute atomic E-state index is 6.03. The van der Waals surface area contributed by atoms with E-state index in [1.165, 1.54) is 11.1 Å². The highest BCUT2D eigenvalue weighted by Crippen LogP contribution is 2.30. The maximum Gasteiger partial charge on any atom is 0.161 e. The van der Waals surface area contributed by atoms with Gasteiger partial charge in [0.2, 0.25) is 0 Å². The number of aryl methyl sites for hydroxylation is 1. The molecule has 3 aromatic carbocycles. The van der Waals surface area contributed by atoms with Crippen molar-refractivity contribution >= 4 is 12.4 Å². The lowest BCUT2D eigenvalue weighted by Crippen LogP contribution is -2.16.